The zero-order valence-electron chi connectivity index (χ0n) is 8.86. The van der Waals surface area contributed by atoms with Crippen LogP contribution in [0, 0.1) is 0 Å². The Labute approximate surface area is 101 Å². The SMILES string of the molecule is FCCCOc1ccc(CCl)cc1C(F)(F)F. The van der Waals surface area contributed by atoms with Crippen molar-refractivity contribution in [2.45, 2.75) is 18.5 Å². The first kappa shape index (κ1) is 14.1. The van der Waals surface area contributed by atoms with E-state index >= 15 is 0 Å². The summed E-state index contributed by atoms with van der Waals surface area (Å²) < 4.78 is 54.8. The highest BCUT2D eigenvalue weighted by molar-refractivity contribution is 6.17. The maximum Gasteiger partial charge on any atom is 0.419 e. The molecule has 0 amide bonds. The fourth-order valence-electron chi connectivity index (χ4n) is 1.24. The molecule has 0 aliphatic carbocycles. The number of hydrogen-bond donors (Lipinski definition) is 0. The van der Waals surface area contributed by atoms with E-state index in [0.29, 0.717) is 5.56 Å². The lowest BCUT2D eigenvalue weighted by Crippen LogP contribution is -2.10. The van der Waals surface area contributed by atoms with Gasteiger partial charge in [-0.3, -0.25) is 4.39 Å². The topological polar surface area (TPSA) is 9.23 Å². The van der Waals surface area contributed by atoms with E-state index in [1.54, 1.807) is 0 Å². The number of benzene rings is 1. The molecule has 0 radical (unpaired) electrons. The Balaban J connectivity index is 2.95. The first-order chi connectivity index (χ1) is 7.99. The van der Waals surface area contributed by atoms with Gasteiger partial charge < -0.3 is 4.74 Å². The van der Waals surface area contributed by atoms with Gasteiger partial charge in [0, 0.05) is 12.3 Å². The fourth-order valence-corrected chi connectivity index (χ4v) is 1.41. The molecule has 0 spiro atoms. The molecule has 0 aliphatic rings. The van der Waals surface area contributed by atoms with Gasteiger partial charge in [0.05, 0.1) is 18.8 Å². The molecule has 0 bridgehead atoms. The van der Waals surface area contributed by atoms with Gasteiger partial charge in [-0.25, -0.2) is 0 Å². The fraction of sp³-hybridized carbons (Fsp3) is 0.455. The molecule has 0 aliphatic heterocycles. The monoisotopic (exact) mass is 270 g/mol. The van der Waals surface area contributed by atoms with Crippen LogP contribution in [-0.2, 0) is 12.1 Å². The van der Waals surface area contributed by atoms with Crippen molar-refractivity contribution < 1.29 is 22.3 Å². The molecule has 6 heteroatoms. The van der Waals surface area contributed by atoms with Crippen LogP contribution < -0.4 is 4.74 Å². The molecule has 0 saturated carbocycles. The molecule has 0 aromatic heterocycles. The van der Waals surface area contributed by atoms with Crippen LogP contribution in [0.1, 0.15) is 17.5 Å². The summed E-state index contributed by atoms with van der Waals surface area (Å²) in [6.07, 6.45) is -4.44. The Morgan fingerprint density at radius 1 is 1.24 bits per heavy atom. The van der Waals surface area contributed by atoms with E-state index < -0.39 is 18.4 Å². The Kier molecular flexibility index (Phi) is 5.05. The second kappa shape index (κ2) is 6.10. The molecule has 1 aromatic rings. The molecule has 0 heterocycles. The van der Waals surface area contributed by atoms with Crippen molar-refractivity contribution in [1.82, 2.24) is 0 Å². The lowest BCUT2D eigenvalue weighted by Gasteiger charge is -2.14. The van der Waals surface area contributed by atoms with E-state index in [1.807, 2.05) is 0 Å². The highest BCUT2D eigenvalue weighted by Crippen LogP contribution is 2.37. The van der Waals surface area contributed by atoms with Crippen molar-refractivity contribution in [3.05, 3.63) is 29.3 Å². The van der Waals surface area contributed by atoms with E-state index in [4.69, 9.17) is 16.3 Å². The summed E-state index contributed by atoms with van der Waals surface area (Å²) in [5, 5.41) is 0. The molecule has 0 unspecified atom stereocenters. The summed E-state index contributed by atoms with van der Waals surface area (Å²) in [6.45, 7) is -0.707. The maximum atomic E-state index is 12.7. The van der Waals surface area contributed by atoms with Crippen molar-refractivity contribution >= 4 is 11.6 Å². The summed E-state index contributed by atoms with van der Waals surface area (Å²) in [5.74, 6) is -0.298. The highest BCUT2D eigenvalue weighted by Gasteiger charge is 2.34. The van der Waals surface area contributed by atoms with Crippen LogP contribution in [0.15, 0.2) is 18.2 Å². The number of rotatable bonds is 5. The first-order valence-corrected chi connectivity index (χ1v) is 5.47. The molecular weight excluding hydrogens is 260 g/mol. The van der Waals surface area contributed by atoms with Gasteiger partial charge in [0.25, 0.3) is 0 Å². The molecule has 0 saturated heterocycles. The van der Waals surface area contributed by atoms with E-state index in [1.165, 1.54) is 12.1 Å². The van der Waals surface area contributed by atoms with Crippen LogP contribution in [0.2, 0.25) is 0 Å². The molecule has 17 heavy (non-hydrogen) atoms. The van der Waals surface area contributed by atoms with Crippen LogP contribution >= 0.6 is 11.6 Å². The van der Waals surface area contributed by atoms with E-state index in [0.717, 1.165) is 6.07 Å². The smallest absolute Gasteiger partial charge is 0.419 e. The van der Waals surface area contributed by atoms with Crippen LogP contribution in [0.5, 0.6) is 5.75 Å². The van der Waals surface area contributed by atoms with Gasteiger partial charge in [-0.05, 0) is 17.7 Å². The van der Waals surface area contributed by atoms with Gasteiger partial charge in [0.1, 0.15) is 5.75 Å². The van der Waals surface area contributed by atoms with Crippen LogP contribution in [0.4, 0.5) is 17.6 Å². The summed E-state index contributed by atoms with van der Waals surface area (Å²) in [5.41, 5.74) is -0.522. The van der Waals surface area contributed by atoms with Crippen LogP contribution in [0.25, 0.3) is 0 Å². The molecule has 1 nitrogen and oxygen atoms in total. The third kappa shape index (κ3) is 4.07. The minimum absolute atomic E-state index is 0.00611. The second-order valence-corrected chi connectivity index (χ2v) is 3.62. The molecular formula is C11H11ClF4O. The Bertz CT molecular complexity index is 365. The Morgan fingerprint density at radius 3 is 2.47 bits per heavy atom. The largest absolute Gasteiger partial charge is 0.493 e. The predicted octanol–water partition coefficient (Wildman–Crippen LogP) is 4.18. The quantitative estimate of drug-likeness (QED) is 0.443. The van der Waals surface area contributed by atoms with Crippen molar-refractivity contribution in [2.75, 3.05) is 13.3 Å². The van der Waals surface area contributed by atoms with Crippen LogP contribution in [0.3, 0.4) is 0 Å². The molecule has 0 N–H and O–H groups in total. The third-order valence-corrected chi connectivity index (χ3v) is 2.35. The first-order valence-electron chi connectivity index (χ1n) is 4.94. The van der Waals surface area contributed by atoms with Gasteiger partial charge in [-0.15, -0.1) is 11.6 Å². The molecule has 0 fully saturated rings. The number of ether oxygens (including phenoxy) is 1. The van der Waals surface area contributed by atoms with Crippen molar-refractivity contribution in [3.63, 3.8) is 0 Å². The predicted molar refractivity (Wildman–Crippen MR) is 57.1 cm³/mol. The van der Waals surface area contributed by atoms with Gasteiger partial charge in [-0.2, -0.15) is 13.2 Å². The molecule has 1 rings (SSSR count). The van der Waals surface area contributed by atoms with Crippen LogP contribution in [-0.4, -0.2) is 13.3 Å². The maximum absolute atomic E-state index is 12.7. The lowest BCUT2D eigenvalue weighted by atomic mass is 10.1. The second-order valence-electron chi connectivity index (χ2n) is 3.35. The summed E-state index contributed by atoms with van der Waals surface area (Å²) in [4.78, 5) is 0. The minimum Gasteiger partial charge on any atom is -0.493 e. The standard InChI is InChI=1S/C11H11ClF4O/c12-7-8-2-3-10(17-5-1-4-13)9(6-8)11(14,15)16/h2-3,6H,1,4-5,7H2. The van der Waals surface area contributed by atoms with Gasteiger partial charge >= 0.3 is 6.18 Å². The summed E-state index contributed by atoms with van der Waals surface area (Å²) >= 11 is 5.47. The van der Waals surface area contributed by atoms with Crippen molar-refractivity contribution in [3.8, 4) is 5.75 Å². The lowest BCUT2D eigenvalue weighted by molar-refractivity contribution is -0.139. The zero-order valence-corrected chi connectivity index (χ0v) is 9.61. The van der Waals surface area contributed by atoms with Gasteiger partial charge in [0.2, 0.25) is 0 Å². The zero-order chi connectivity index (χ0) is 12.9. The van der Waals surface area contributed by atoms with Crippen molar-refractivity contribution in [1.29, 1.82) is 0 Å². The summed E-state index contributed by atoms with van der Waals surface area (Å²) in [6, 6.07) is 3.60. The average molecular weight is 271 g/mol. The van der Waals surface area contributed by atoms with Crippen molar-refractivity contribution in [2.24, 2.45) is 0 Å². The van der Waals surface area contributed by atoms with E-state index in [2.05, 4.69) is 0 Å². The average Bonchev–Trinajstić information content (AvgIpc) is 2.28. The molecule has 1 aromatic carbocycles. The minimum atomic E-state index is -4.51. The molecule has 96 valence electrons. The van der Waals surface area contributed by atoms with E-state index in [-0.39, 0.29) is 24.7 Å². The highest BCUT2D eigenvalue weighted by atomic mass is 35.5. The number of halogens is 5. The van der Waals surface area contributed by atoms with Gasteiger partial charge in [0.15, 0.2) is 0 Å². The Morgan fingerprint density at radius 2 is 1.94 bits per heavy atom. The number of alkyl halides is 5. The number of hydrogen-bond acceptors (Lipinski definition) is 1. The van der Waals surface area contributed by atoms with E-state index in [9.17, 15) is 17.6 Å². The normalized spacial score (nSPS) is 11.6. The Hall–Kier alpha value is -0.970. The summed E-state index contributed by atoms with van der Waals surface area (Å²) in [7, 11) is 0. The third-order valence-electron chi connectivity index (χ3n) is 2.04. The molecule has 0 atom stereocenters. The van der Waals surface area contributed by atoms with Gasteiger partial charge in [-0.1, -0.05) is 6.07 Å².